The van der Waals surface area contributed by atoms with Gasteiger partial charge in [0.15, 0.2) is 0 Å². The standard InChI is InChI=1S/C5H5N3O2/c1-2-7-3-8-5(10)4(6)9/h1,3H,(H2,6,9)(H,7,8,10). The summed E-state index contributed by atoms with van der Waals surface area (Å²) < 4.78 is 0. The van der Waals surface area contributed by atoms with Crippen molar-refractivity contribution < 1.29 is 9.59 Å². The first-order chi connectivity index (χ1) is 4.68. The lowest BCUT2D eigenvalue weighted by Gasteiger charge is -1.88. The van der Waals surface area contributed by atoms with Crippen LogP contribution in [0.25, 0.3) is 0 Å². The molecular formula is C5H5N3O2. The van der Waals surface area contributed by atoms with Crippen molar-refractivity contribution in [1.29, 1.82) is 0 Å². The van der Waals surface area contributed by atoms with Crippen molar-refractivity contribution in [1.82, 2.24) is 5.32 Å². The summed E-state index contributed by atoms with van der Waals surface area (Å²) in [7, 11) is 0. The quantitative estimate of drug-likeness (QED) is 0.194. The Morgan fingerprint density at radius 2 is 2.30 bits per heavy atom. The fraction of sp³-hybridized carbons (Fsp3) is 0. The van der Waals surface area contributed by atoms with Crippen molar-refractivity contribution in [2.24, 2.45) is 10.7 Å². The van der Waals surface area contributed by atoms with Gasteiger partial charge in [0.05, 0.1) is 0 Å². The minimum atomic E-state index is -1.08. The number of nitrogens with one attached hydrogen (secondary N) is 1. The SMILES string of the molecule is C#CN=CNC(=O)C(N)=O. The summed E-state index contributed by atoms with van der Waals surface area (Å²) in [6, 6.07) is 1.86. The van der Waals surface area contributed by atoms with Crippen molar-refractivity contribution in [3.63, 3.8) is 0 Å². The summed E-state index contributed by atoms with van der Waals surface area (Å²) in [6.07, 6.45) is 5.59. The number of terminal acetylenes is 1. The highest BCUT2D eigenvalue weighted by molar-refractivity contribution is 6.36. The Morgan fingerprint density at radius 3 is 2.70 bits per heavy atom. The van der Waals surface area contributed by atoms with E-state index in [1.165, 1.54) is 0 Å². The lowest BCUT2D eigenvalue weighted by Crippen LogP contribution is -2.34. The van der Waals surface area contributed by atoms with Gasteiger partial charge in [-0.3, -0.25) is 9.59 Å². The number of rotatable bonds is 1. The van der Waals surface area contributed by atoms with E-state index in [-0.39, 0.29) is 0 Å². The molecule has 0 bridgehead atoms. The Bertz CT molecular complexity index is 213. The monoisotopic (exact) mass is 139 g/mol. The van der Waals surface area contributed by atoms with Crippen molar-refractivity contribution in [2.45, 2.75) is 0 Å². The lowest BCUT2D eigenvalue weighted by molar-refractivity contribution is -0.136. The molecule has 2 amide bonds. The number of carbonyl (C=O) groups is 2. The number of primary amides is 1. The molecule has 0 fully saturated rings. The third-order valence-electron chi connectivity index (χ3n) is 0.559. The zero-order valence-corrected chi connectivity index (χ0v) is 5.00. The lowest BCUT2D eigenvalue weighted by atomic mass is 10.6. The molecule has 0 heterocycles. The van der Waals surface area contributed by atoms with E-state index in [4.69, 9.17) is 0 Å². The van der Waals surface area contributed by atoms with Gasteiger partial charge in [0.2, 0.25) is 0 Å². The van der Waals surface area contributed by atoms with Crippen molar-refractivity contribution in [3.05, 3.63) is 0 Å². The Labute approximate surface area is 57.3 Å². The molecule has 0 spiro atoms. The molecule has 0 aromatic heterocycles. The van der Waals surface area contributed by atoms with Gasteiger partial charge in [-0.25, -0.2) is 0 Å². The van der Waals surface area contributed by atoms with E-state index in [1.54, 1.807) is 0 Å². The summed E-state index contributed by atoms with van der Waals surface area (Å²) in [6.45, 7) is 0. The Morgan fingerprint density at radius 1 is 1.70 bits per heavy atom. The molecule has 5 nitrogen and oxygen atoms in total. The molecule has 0 atom stereocenters. The molecular weight excluding hydrogens is 134 g/mol. The summed E-state index contributed by atoms with van der Waals surface area (Å²) in [5, 5.41) is 1.94. The molecule has 0 aromatic carbocycles. The van der Waals surface area contributed by atoms with E-state index in [0.29, 0.717) is 0 Å². The molecule has 0 aliphatic carbocycles. The smallest absolute Gasteiger partial charge is 0.314 e. The zero-order chi connectivity index (χ0) is 7.98. The van der Waals surface area contributed by atoms with Crippen molar-refractivity contribution in [2.75, 3.05) is 0 Å². The number of aliphatic imine (C=N–C) groups is 1. The van der Waals surface area contributed by atoms with E-state index in [1.807, 2.05) is 11.4 Å². The van der Waals surface area contributed by atoms with Gasteiger partial charge in [0.1, 0.15) is 6.34 Å². The minimum Gasteiger partial charge on any atom is -0.361 e. The van der Waals surface area contributed by atoms with Gasteiger partial charge < -0.3 is 11.1 Å². The molecule has 0 unspecified atom stereocenters. The highest BCUT2D eigenvalue weighted by Crippen LogP contribution is 1.58. The number of nitrogens with two attached hydrogens (primary N) is 1. The molecule has 0 radical (unpaired) electrons. The Balaban J connectivity index is 3.73. The molecule has 0 saturated carbocycles. The zero-order valence-electron chi connectivity index (χ0n) is 5.00. The van der Waals surface area contributed by atoms with Crippen LogP contribution in [0.15, 0.2) is 4.99 Å². The summed E-state index contributed by atoms with van der Waals surface area (Å²) in [5.74, 6) is -2.03. The van der Waals surface area contributed by atoms with Crippen LogP contribution in [-0.4, -0.2) is 18.2 Å². The predicted molar refractivity (Wildman–Crippen MR) is 34.7 cm³/mol. The molecule has 3 N–H and O–H groups in total. The number of hydrogen-bond donors (Lipinski definition) is 2. The second-order valence-corrected chi connectivity index (χ2v) is 1.23. The van der Waals surface area contributed by atoms with Gasteiger partial charge in [-0.05, 0) is 0 Å². The van der Waals surface area contributed by atoms with Gasteiger partial charge in [0.25, 0.3) is 0 Å². The fourth-order valence-corrected chi connectivity index (χ4v) is 0.199. The Kier molecular flexibility index (Phi) is 3.34. The van der Waals surface area contributed by atoms with Crippen LogP contribution < -0.4 is 11.1 Å². The van der Waals surface area contributed by atoms with E-state index in [2.05, 4.69) is 17.1 Å². The van der Waals surface area contributed by atoms with E-state index >= 15 is 0 Å². The average Bonchev–Trinajstić information content (AvgIpc) is 1.88. The highest BCUT2D eigenvalue weighted by Gasteiger charge is 2.03. The van der Waals surface area contributed by atoms with Crippen LogP contribution in [0.5, 0.6) is 0 Å². The van der Waals surface area contributed by atoms with Gasteiger partial charge in [-0.1, -0.05) is 6.42 Å². The summed E-state index contributed by atoms with van der Waals surface area (Å²) >= 11 is 0. The topological polar surface area (TPSA) is 84.6 Å². The molecule has 5 heteroatoms. The predicted octanol–water partition coefficient (Wildman–Crippen LogP) is -1.79. The van der Waals surface area contributed by atoms with Crippen LogP contribution in [0.2, 0.25) is 0 Å². The third-order valence-corrected chi connectivity index (χ3v) is 0.559. The van der Waals surface area contributed by atoms with E-state index in [9.17, 15) is 9.59 Å². The molecule has 0 aliphatic rings. The van der Waals surface area contributed by atoms with Crippen LogP contribution in [-0.2, 0) is 9.59 Å². The van der Waals surface area contributed by atoms with Crippen LogP contribution >= 0.6 is 0 Å². The maximum atomic E-state index is 10.3. The van der Waals surface area contributed by atoms with E-state index < -0.39 is 11.8 Å². The molecule has 10 heavy (non-hydrogen) atoms. The van der Waals surface area contributed by atoms with Gasteiger partial charge >= 0.3 is 11.8 Å². The van der Waals surface area contributed by atoms with Crippen LogP contribution in [0.3, 0.4) is 0 Å². The summed E-state index contributed by atoms with van der Waals surface area (Å²) in [5.41, 5.74) is 4.55. The molecule has 0 aliphatic heterocycles. The Hall–Kier alpha value is -1.83. The second-order valence-electron chi connectivity index (χ2n) is 1.23. The first-order valence-corrected chi connectivity index (χ1v) is 2.26. The van der Waals surface area contributed by atoms with Crippen LogP contribution in [0, 0.1) is 12.5 Å². The number of hydrogen-bond acceptors (Lipinski definition) is 3. The van der Waals surface area contributed by atoms with Crippen LogP contribution in [0.1, 0.15) is 0 Å². The second kappa shape index (κ2) is 4.09. The number of amides is 2. The normalized spacial score (nSPS) is 8.70. The average molecular weight is 139 g/mol. The van der Waals surface area contributed by atoms with Crippen molar-refractivity contribution >= 4 is 18.2 Å². The number of carbonyl (C=O) groups excluding carboxylic acids is 2. The molecule has 52 valence electrons. The van der Waals surface area contributed by atoms with Crippen molar-refractivity contribution in [3.8, 4) is 12.5 Å². The first-order valence-electron chi connectivity index (χ1n) is 2.26. The van der Waals surface area contributed by atoms with Gasteiger partial charge in [0, 0.05) is 6.04 Å². The maximum absolute atomic E-state index is 10.3. The van der Waals surface area contributed by atoms with E-state index in [0.717, 1.165) is 6.34 Å². The molecule has 0 aromatic rings. The maximum Gasteiger partial charge on any atom is 0.314 e. The minimum absolute atomic E-state index is 0.910. The van der Waals surface area contributed by atoms with Gasteiger partial charge in [-0.15, -0.1) is 0 Å². The summed E-state index contributed by atoms with van der Waals surface area (Å²) in [4.78, 5) is 23.4. The first kappa shape index (κ1) is 8.17. The highest BCUT2D eigenvalue weighted by atomic mass is 16.2. The molecule has 0 rings (SSSR count). The third kappa shape index (κ3) is 3.21. The number of nitrogens with zero attached hydrogens (tertiary/aromatic N) is 1. The fourth-order valence-electron chi connectivity index (χ4n) is 0.199. The van der Waals surface area contributed by atoms with Gasteiger partial charge in [-0.2, -0.15) is 4.99 Å². The largest absolute Gasteiger partial charge is 0.361 e. The molecule has 0 saturated heterocycles. The van der Waals surface area contributed by atoms with Crippen LogP contribution in [0.4, 0.5) is 0 Å².